The first kappa shape index (κ1) is 17.7. The molecular formula is C24H14N4O2S. The number of fused-ring (bicyclic) bond motifs is 2. The van der Waals surface area contributed by atoms with Crippen molar-refractivity contribution in [1.82, 2.24) is 19.8 Å². The van der Waals surface area contributed by atoms with E-state index in [0.29, 0.717) is 21.1 Å². The minimum atomic E-state index is -0.177. The lowest BCUT2D eigenvalue weighted by molar-refractivity contribution is 0.441. The van der Waals surface area contributed by atoms with Crippen molar-refractivity contribution in [2.75, 3.05) is 0 Å². The average molecular weight is 422 g/mol. The summed E-state index contributed by atoms with van der Waals surface area (Å²) in [5.74, 6) is 1.26. The van der Waals surface area contributed by atoms with E-state index in [0.717, 1.165) is 27.6 Å². The molecule has 0 aliphatic carbocycles. The first-order valence-electron chi connectivity index (χ1n) is 9.68. The summed E-state index contributed by atoms with van der Waals surface area (Å²) in [6, 6.07) is 25.3. The van der Waals surface area contributed by atoms with Gasteiger partial charge in [-0.3, -0.25) is 4.79 Å². The Bertz CT molecular complexity index is 1650. The monoisotopic (exact) mass is 422 g/mol. The Kier molecular flexibility index (Phi) is 4.00. The van der Waals surface area contributed by atoms with Gasteiger partial charge in [-0.15, -0.1) is 5.10 Å². The molecule has 0 saturated carbocycles. The Hall–Kier alpha value is -4.10. The number of nitrogens with zero attached hydrogens (tertiary/aromatic N) is 4. The third-order valence-corrected chi connectivity index (χ3v) is 6.01. The van der Waals surface area contributed by atoms with Crippen LogP contribution in [0, 0.1) is 0 Å². The third kappa shape index (κ3) is 3.03. The third-order valence-electron chi connectivity index (χ3n) is 5.05. The molecule has 31 heavy (non-hydrogen) atoms. The maximum absolute atomic E-state index is 12.9. The van der Waals surface area contributed by atoms with E-state index in [2.05, 4.69) is 15.2 Å². The fourth-order valence-electron chi connectivity index (χ4n) is 3.54. The summed E-state index contributed by atoms with van der Waals surface area (Å²) in [6.45, 7) is 0. The molecule has 0 N–H and O–H groups in total. The lowest BCUT2D eigenvalue weighted by Crippen LogP contribution is -2.23. The highest BCUT2D eigenvalue weighted by Crippen LogP contribution is 2.29. The van der Waals surface area contributed by atoms with Crippen LogP contribution in [0.4, 0.5) is 0 Å². The molecule has 6 nitrogen and oxygen atoms in total. The van der Waals surface area contributed by atoms with E-state index >= 15 is 0 Å². The molecule has 148 valence electrons. The lowest BCUT2D eigenvalue weighted by Gasteiger charge is -1.97. The van der Waals surface area contributed by atoms with Gasteiger partial charge in [0.1, 0.15) is 5.52 Å². The van der Waals surface area contributed by atoms with Crippen molar-refractivity contribution in [3.05, 3.63) is 99.3 Å². The maximum atomic E-state index is 12.9. The smallest absolute Gasteiger partial charge is 0.291 e. The summed E-state index contributed by atoms with van der Waals surface area (Å²) in [7, 11) is 0. The normalized spacial score (nSPS) is 12.2. The molecule has 0 aliphatic rings. The van der Waals surface area contributed by atoms with Crippen LogP contribution in [0.15, 0.2) is 88.2 Å². The molecule has 0 amide bonds. The quantitative estimate of drug-likeness (QED) is 0.428. The summed E-state index contributed by atoms with van der Waals surface area (Å²) in [6.07, 6.45) is 1.85. The number of rotatable bonds is 3. The number of benzene rings is 3. The van der Waals surface area contributed by atoms with Gasteiger partial charge in [-0.05, 0) is 23.8 Å². The molecule has 3 aromatic heterocycles. The van der Waals surface area contributed by atoms with Crippen molar-refractivity contribution in [1.29, 1.82) is 0 Å². The van der Waals surface area contributed by atoms with Gasteiger partial charge in [-0.25, -0.2) is 0 Å². The van der Waals surface area contributed by atoms with Gasteiger partial charge in [0, 0.05) is 11.1 Å². The van der Waals surface area contributed by atoms with Crippen molar-refractivity contribution < 1.29 is 4.52 Å². The minimum absolute atomic E-state index is 0.177. The van der Waals surface area contributed by atoms with Crippen molar-refractivity contribution >= 4 is 33.3 Å². The summed E-state index contributed by atoms with van der Waals surface area (Å²) in [5.41, 5.74) is 3.32. The zero-order valence-electron chi connectivity index (χ0n) is 16.1. The second kappa shape index (κ2) is 7.00. The van der Waals surface area contributed by atoms with Gasteiger partial charge in [0.15, 0.2) is 11.6 Å². The molecule has 0 atom stereocenters. The predicted molar refractivity (Wildman–Crippen MR) is 121 cm³/mol. The number of thiazole rings is 1. The predicted octanol–water partition coefficient (Wildman–Crippen LogP) is 4.17. The fraction of sp³-hybridized carbons (Fsp3) is 0. The summed E-state index contributed by atoms with van der Waals surface area (Å²) in [5, 5.41) is 9.45. The minimum Gasteiger partial charge on any atom is -0.355 e. The van der Waals surface area contributed by atoms with Gasteiger partial charge >= 0.3 is 0 Å². The molecule has 0 spiro atoms. The van der Waals surface area contributed by atoms with Crippen LogP contribution in [-0.4, -0.2) is 19.8 Å². The molecule has 0 radical (unpaired) electrons. The lowest BCUT2D eigenvalue weighted by atomic mass is 10.1. The summed E-state index contributed by atoms with van der Waals surface area (Å²) < 4.78 is 7.52. The molecule has 0 bridgehead atoms. The maximum Gasteiger partial charge on any atom is 0.291 e. The number of aromatic nitrogens is 4. The second-order valence-corrected chi connectivity index (χ2v) is 8.08. The summed E-state index contributed by atoms with van der Waals surface area (Å²) in [4.78, 5) is 18.0. The molecule has 7 heteroatoms. The topological polar surface area (TPSA) is 73.3 Å². The molecule has 6 aromatic rings. The standard InChI is InChI=1S/C24H14N4O2S/c29-23-20(31-24-25-22(26-28(23)24)17-9-5-2-6-10-17)14-15-11-12-19-18(13-15)21(30-27-19)16-7-3-1-4-8-16/h1-14H/b20-14-. The van der Waals surface area contributed by atoms with Crippen LogP contribution in [0.1, 0.15) is 5.56 Å². The van der Waals surface area contributed by atoms with Gasteiger partial charge in [-0.1, -0.05) is 83.2 Å². The van der Waals surface area contributed by atoms with Crippen LogP contribution in [-0.2, 0) is 0 Å². The molecule has 0 unspecified atom stereocenters. The van der Waals surface area contributed by atoms with Crippen LogP contribution >= 0.6 is 11.3 Å². The first-order chi connectivity index (χ1) is 15.3. The SMILES string of the molecule is O=c1/c(=C/c2ccc3noc(-c4ccccc4)c3c2)sc2nc(-c3ccccc3)nn12. The van der Waals surface area contributed by atoms with E-state index in [1.165, 1.54) is 15.9 Å². The zero-order chi connectivity index (χ0) is 20.8. The second-order valence-electron chi connectivity index (χ2n) is 7.07. The van der Waals surface area contributed by atoms with Crippen molar-refractivity contribution in [2.24, 2.45) is 0 Å². The highest BCUT2D eigenvalue weighted by atomic mass is 32.1. The van der Waals surface area contributed by atoms with Gasteiger partial charge in [0.2, 0.25) is 4.96 Å². The van der Waals surface area contributed by atoms with Gasteiger partial charge in [0.05, 0.1) is 9.92 Å². The van der Waals surface area contributed by atoms with Crippen molar-refractivity contribution in [3.8, 4) is 22.7 Å². The van der Waals surface area contributed by atoms with E-state index in [1.54, 1.807) is 0 Å². The van der Waals surface area contributed by atoms with Crippen LogP contribution in [0.3, 0.4) is 0 Å². The van der Waals surface area contributed by atoms with Crippen LogP contribution in [0.25, 0.3) is 44.7 Å². The number of hydrogen-bond donors (Lipinski definition) is 0. The molecule has 0 aliphatic heterocycles. The van der Waals surface area contributed by atoms with E-state index in [4.69, 9.17) is 4.52 Å². The van der Waals surface area contributed by atoms with E-state index in [-0.39, 0.29) is 5.56 Å². The van der Waals surface area contributed by atoms with Gasteiger partial charge < -0.3 is 4.52 Å². The summed E-state index contributed by atoms with van der Waals surface area (Å²) >= 11 is 1.32. The molecular weight excluding hydrogens is 408 g/mol. The van der Waals surface area contributed by atoms with E-state index in [1.807, 2.05) is 84.9 Å². The van der Waals surface area contributed by atoms with Crippen LogP contribution in [0.2, 0.25) is 0 Å². The molecule has 3 aromatic carbocycles. The molecule has 0 fully saturated rings. The average Bonchev–Trinajstić information content (AvgIpc) is 3.50. The van der Waals surface area contributed by atoms with E-state index in [9.17, 15) is 4.79 Å². The molecule has 0 saturated heterocycles. The number of hydrogen-bond acceptors (Lipinski definition) is 6. The Balaban J connectivity index is 1.45. The Morgan fingerprint density at radius 2 is 1.65 bits per heavy atom. The van der Waals surface area contributed by atoms with E-state index < -0.39 is 0 Å². The Labute approximate surface area is 179 Å². The largest absolute Gasteiger partial charge is 0.355 e. The Morgan fingerprint density at radius 3 is 2.39 bits per heavy atom. The van der Waals surface area contributed by atoms with Gasteiger partial charge in [0.25, 0.3) is 5.56 Å². The molecule has 3 heterocycles. The van der Waals surface area contributed by atoms with Crippen LogP contribution in [0.5, 0.6) is 0 Å². The highest BCUT2D eigenvalue weighted by Gasteiger charge is 2.13. The Morgan fingerprint density at radius 1 is 0.903 bits per heavy atom. The molecule has 6 rings (SSSR count). The van der Waals surface area contributed by atoms with Crippen molar-refractivity contribution in [3.63, 3.8) is 0 Å². The highest BCUT2D eigenvalue weighted by molar-refractivity contribution is 7.15. The fourth-order valence-corrected chi connectivity index (χ4v) is 4.45. The van der Waals surface area contributed by atoms with Gasteiger partial charge in [-0.2, -0.15) is 9.50 Å². The first-order valence-corrected chi connectivity index (χ1v) is 10.5. The van der Waals surface area contributed by atoms with Crippen LogP contribution < -0.4 is 10.1 Å². The zero-order valence-corrected chi connectivity index (χ0v) is 16.9. The van der Waals surface area contributed by atoms with Crippen molar-refractivity contribution in [2.45, 2.75) is 0 Å².